The second-order valence-electron chi connectivity index (χ2n) is 9.26. The number of hydrogen-bond acceptors (Lipinski definition) is 1. The fourth-order valence-corrected chi connectivity index (χ4v) is 4.97. The second kappa shape index (κ2) is 9.18. The van der Waals surface area contributed by atoms with Crippen LogP contribution in [0.5, 0.6) is 0 Å². The Morgan fingerprint density at radius 2 is 1.27 bits per heavy atom. The average Bonchev–Trinajstić information content (AvgIpc) is 2.74. The number of benzene rings is 3. The van der Waals surface area contributed by atoms with Gasteiger partial charge in [0.25, 0.3) is 0 Å². The van der Waals surface area contributed by atoms with E-state index in [9.17, 15) is 5.11 Å². The van der Waals surface area contributed by atoms with Gasteiger partial charge in [0.05, 0.1) is 6.10 Å². The molecule has 1 saturated carbocycles. The first kappa shape index (κ1) is 20.9. The van der Waals surface area contributed by atoms with Crippen LogP contribution in [0.15, 0.2) is 60.7 Å². The maximum absolute atomic E-state index is 9.68. The monoisotopic (exact) mass is 398 g/mol. The molecule has 156 valence electrons. The molecule has 3 aromatic carbocycles. The minimum Gasteiger partial charge on any atom is -0.393 e. The molecule has 0 heterocycles. The zero-order valence-electron chi connectivity index (χ0n) is 18.6. The van der Waals surface area contributed by atoms with Crippen LogP contribution >= 0.6 is 0 Å². The molecule has 1 aliphatic carbocycles. The van der Waals surface area contributed by atoms with Crippen LogP contribution in [0.1, 0.15) is 54.4 Å². The highest BCUT2D eigenvalue weighted by molar-refractivity contribution is 5.76. The van der Waals surface area contributed by atoms with Gasteiger partial charge < -0.3 is 5.11 Å². The first-order chi connectivity index (χ1) is 14.5. The molecule has 1 fully saturated rings. The molecule has 30 heavy (non-hydrogen) atoms. The first-order valence-electron chi connectivity index (χ1n) is 11.5. The van der Waals surface area contributed by atoms with Crippen LogP contribution in [0.2, 0.25) is 0 Å². The molecule has 0 radical (unpaired) electrons. The van der Waals surface area contributed by atoms with Crippen LogP contribution in [0.25, 0.3) is 22.3 Å². The Morgan fingerprint density at radius 3 is 1.87 bits per heavy atom. The Labute approximate surface area is 181 Å². The summed E-state index contributed by atoms with van der Waals surface area (Å²) in [5.41, 5.74) is 10.6. The third-order valence-corrected chi connectivity index (χ3v) is 6.82. The average molecular weight is 399 g/mol. The van der Waals surface area contributed by atoms with Gasteiger partial charge >= 0.3 is 0 Å². The van der Waals surface area contributed by atoms with Gasteiger partial charge in [-0.05, 0) is 104 Å². The van der Waals surface area contributed by atoms with E-state index in [-0.39, 0.29) is 6.10 Å². The van der Waals surface area contributed by atoms with Crippen molar-refractivity contribution in [1.29, 1.82) is 0 Å². The highest BCUT2D eigenvalue weighted by Gasteiger charge is 2.19. The standard InChI is InChI=1S/C29H34O/c1-20-4-12-26(13-5-20)29-21(2)18-27(19-22(29)3)25-14-8-23(9-15-25)6-7-24-10-16-28(30)17-11-24/h4-5,8-9,12-15,18-19,24,28,30H,6-7,10-11,16-17H2,1-3H3. The second-order valence-corrected chi connectivity index (χ2v) is 9.26. The zero-order chi connectivity index (χ0) is 21.1. The lowest BCUT2D eigenvalue weighted by molar-refractivity contribution is 0.106. The van der Waals surface area contributed by atoms with Gasteiger partial charge in [0.2, 0.25) is 0 Å². The van der Waals surface area contributed by atoms with E-state index in [1.807, 2.05) is 0 Å². The number of hydrogen-bond donors (Lipinski definition) is 1. The molecule has 0 atom stereocenters. The maximum atomic E-state index is 9.68. The summed E-state index contributed by atoms with van der Waals surface area (Å²) in [5.74, 6) is 0.785. The molecule has 0 aliphatic heterocycles. The lowest BCUT2D eigenvalue weighted by atomic mass is 9.84. The minimum atomic E-state index is -0.0511. The van der Waals surface area contributed by atoms with Crippen molar-refractivity contribution < 1.29 is 5.11 Å². The molecule has 0 unspecified atom stereocenters. The van der Waals surface area contributed by atoms with E-state index in [4.69, 9.17) is 0 Å². The van der Waals surface area contributed by atoms with E-state index >= 15 is 0 Å². The van der Waals surface area contributed by atoms with Crippen molar-refractivity contribution in [3.05, 3.63) is 82.9 Å². The van der Waals surface area contributed by atoms with Crippen LogP contribution in [0.4, 0.5) is 0 Å². The summed E-state index contributed by atoms with van der Waals surface area (Å²) in [6.45, 7) is 6.58. The van der Waals surface area contributed by atoms with E-state index in [0.717, 1.165) is 25.2 Å². The highest BCUT2D eigenvalue weighted by atomic mass is 16.3. The van der Waals surface area contributed by atoms with Crippen LogP contribution in [0.3, 0.4) is 0 Å². The summed E-state index contributed by atoms with van der Waals surface area (Å²) in [4.78, 5) is 0. The van der Waals surface area contributed by atoms with Gasteiger partial charge in [0.15, 0.2) is 0 Å². The Balaban J connectivity index is 1.47. The molecule has 0 aromatic heterocycles. The molecule has 1 nitrogen and oxygen atoms in total. The van der Waals surface area contributed by atoms with E-state index in [1.54, 1.807) is 0 Å². The quantitative estimate of drug-likeness (QED) is 0.474. The van der Waals surface area contributed by atoms with Crippen LogP contribution in [-0.2, 0) is 6.42 Å². The number of aryl methyl sites for hydroxylation is 4. The van der Waals surface area contributed by atoms with Crippen molar-refractivity contribution in [2.45, 2.75) is 65.4 Å². The fraction of sp³-hybridized carbons (Fsp3) is 0.379. The van der Waals surface area contributed by atoms with Gasteiger partial charge in [-0.2, -0.15) is 0 Å². The smallest absolute Gasteiger partial charge is 0.0540 e. The van der Waals surface area contributed by atoms with Gasteiger partial charge in [0, 0.05) is 0 Å². The molecule has 1 N–H and O–H groups in total. The van der Waals surface area contributed by atoms with Crippen molar-refractivity contribution in [3.8, 4) is 22.3 Å². The highest BCUT2D eigenvalue weighted by Crippen LogP contribution is 2.33. The van der Waals surface area contributed by atoms with Crippen molar-refractivity contribution in [1.82, 2.24) is 0 Å². The third kappa shape index (κ3) is 4.84. The zero-order valence-corrected chi connectivity index (χ0v) is 18.6. The summed E-state index contributed by atoms with van der Waals surface area (Å²) < 4.78 is 0. The molecule has 0 bridgehead atoms. The topological polar surface area (TPSA) is 20.2 Å². The molecule has 1 heteroatoms. The molecule has 0 spiro atoms. The summed E-state index contributed by atoms with van der Waals surface area (Å²) >= 11 is 0. The SMILES string of the molecule is Cc1ccc(-c2c(C)cc(-c3ccc(CCC4CCC(O)CC4)cc3)cc2C)cc1. The van der Waals surface area contributed by atoms with E-state index in [1.165, 1.54) is 63.8 Å². The van der Waals surface area contributed by atoms with Gasteiger partial charge in [-0.25, -0.2) is 0 Å². The number of rotatable bonds is 5. The Morgan fingerprint density at radius 1 is 0.700 bits per heavy atom. The summed E-state index contributed by atoms with van der Waals surface area (Å²) in [6, 6.07) is 22.6. The van der Waals surface area contributed by atoms with E-state index < -0.39 is 0 Å². The number of aliphatic hydroxyl groups excluding tert-OH is 1. The first-order valence-corrected chi connectivity index (χ1v) is 11.5. The Bertz CT molecular complexity index is 951. The summed E-state index contributed by atoms with van der Waals surface area (Å²) in [6.07, 6.45) is 6.68. The normalized spacial score (nSPS) is 19.1. The lowest BCUT2D eigenvalue weighted by Gasteiger charge is -2.25. The predicted molar refractivity (Wildman–Crippen MR) is 128 cm³/mol. The Kier molecular flexibility index (Phi) is 6.39. The molecular formula is C29H34O. The molecular weight excluding hydrogens is 364 g/mol. The molecule has 1 aliphatic rings. The lowest BCUT2D eigenvalue weighted by Crippen LogP contribution is -2.18. The van der Waals surface area contributed by atoms with E-state index in [2.05, 4.69) is 81.4 Å². The predicted octanol–water partition coefficient (Wildman–Crippen LogP) is 7.43. The fourth-order valence-electron chi connectivity index (χ4n) is 4.97. The molecule has 3 aromatic rings. The van der Waals surface area contributed by atoms with Crippen LogP contribution < -0.4 is 0 Å². The maximum Gasteiger partial charge on any atom is 0.0540 e. The van der Waals surface area contributed by atoms with Crippen LogP contribution in [-0.4, -0.2) is 11.2 Å². The largest absolute Gasteiger partial charge is 0.393 e. The van der Waals surface area contributed by atoms with Crippen molar-refractivity contribution in [3.63, 3.8) is 0 Å². The summed E-state index contributed by atoms with van der Waals surface area (Å²) in [7, 11) is 0. The summed E-state index contributed by atoms with van der Waals surface area (Å²) in [5, 5.41) is 9.68. The van der Waals surface area contributed by atoms with Gasteiger partial charge in [0.1, 0.15) is 0 Å². The molecule has 0 amide bonds. The Hall–Kier alpha value is -2.38. The third-order valence-electron chi connectivity index (χ3n) is 6.82. The van der Waals surface area contributed by atoms with Crippen molar-refractivity contribution in [2.75, 3.05) is 0 Å². The van der Waals surface area contributed by atoms with E-state index in [0.29, 0.717) is 0 Å². The van der Waals surface area contributed by atoms with Crippen molar-refractivity contribution in [2.24, 2.45) is 5.92 Å². The molecule has 4 rings (SSSR count). The minimum absolute atomic E-state index is 0.0511. The number of aliphatic hydroxyl groups is 1. The molecule has 0 saturated heterocycles. The van der Waals surface area contributed by atoms with Gasteiger partial charge in [-0.3, -0.25) is 0 Å². The van der Waals surface area contributed by atoms with Crippen molar-refractivity contribution >= 4 is 0 Å². The van der Waals surface area contributed by atoms with Crippen LogP contribution in [0, 0.1) is 26.7 Å². The van der Waals surface area contributed by atoms with Gasteiger partial charge in [-0.15, -0.1) is 0 Å². The van der Waals surface area contributed by atoms with Gasteiger partial charge in [-0.1, -0.05) is 66.2 Å².